The second kappa shape index (κ2) is 11.6. The zero-order valence-electron chi connectivity index (χ0n) is 13.0. The first kappa shape index (κ1) is 18.8. The molecule has 0 radical (unpaired) electrons. The highest BCUT2D eigenvalue weighted by Crippen LogP contribution is 2.14. The Morgan fingerprint density at radius 2 is 1.47 bits per heavy atom. The fraction of sp³-hybridized carbons (Fsp3) is 1.00. The van der Waals surface area contributed by atoms with E-state index in [-0.39, 0.29) is 4.65 Å². The van der Waals surface area contributed by atoms with Crippen LogP contribution >= 0.6 is 0 Å². The molecule has 0 bridgehead atoms. The lowest BCUT2D eigenvalue weighted by Gasteiger charge is -2.29. The summed E-state index contributed by atoms with van der Waals surface area (Å²) in [5, 5.41) is 14.0. The van der Waals surface area contributed by atoms with Crippen molar-refractivity contribution in [3.05, 3.63) is 0 Å². The number of likely N-dealkylation sites (N-methyl/N-ethyl adjacent to an activating group) is 1. The third kappa shape index (κ3) is 8.56. The van der Waals surface area contributed by atoms with Gasteiger partial charge in [0.15, 0.2) is 0 Å². The van der Waals surface area contributed by atoms with Crippen molar-refractivity contribution in [3.8, 4) is 0 Å². The van der Waals surface area contributed by atoms with E-state index in [2.05, 4.69) is 12.0 Å². The van der Waals surface area contributed by atoms with Crippen LogP contribution in [0.5, 0.6) is 0 Å². The molecule has 0 aromatic heterocycles. The molecule has 4 heteroatoms. The molecule has 1 unspecified atom stereocenters. The standard InChI is InChI=1S/C15H33FNO2/c1-4-7-8-9-10-11-12-13-15(18)14-17(5-2,6-3)19-16/h15,18H,4-14H2,1-3H3/q+1. The molecule has 0 aromatic rings. The maximum absolute atomic E-state index is 12.6. The van der Waals surface area contributed by atoms with E-state index in [1.54, 1.807) is 0 Å². The minimum absolute atomic E-state index is 0.0995. The molecular formula is C15H33FNO2+. The number of rotatable bonds is 13. The number of quaternary nitrogens is 1. The van der Waals surface area contributed by atoms with Crippen molar-refractivity contribution in [1.29, 1.82) is 0 Å². The first-order valence-electron chi connectivity index (χ1n) is 7.98. The van der Waals surface area contributed by atoms with E-state index in [1.165, 1.54) is 32.1 Å². The minimum Gasteiger partial charge on any atom is -0.387 e. The second-order valence-corrected chi connectivity index (χ2v) is 5.51. The molecule has 116 valence electrons. The maximum atomic E-state index is 12.6. The first-order valence-corrected chi connectivity index (χ1v) is 7.98. The third-order valence-corrected chi connectivity index (χ3v) is 3.98. The van der Waals surface area contributed by atoms with Crippen LogP contribution in [0.4, 0.5) is 4.53 Å². The van der Waals surface area contributed by atoms with Crippen molar-refractivity contribution in [2.75, 3.05) is 19.6 Å². The van der Waals surface area contributed by atoms with E-state index in [1.807, 2.05) is 13.8 Å². The molecule has 0 rings (SSSR count). The van der Waals surface area contributed by atoms with E-state index in [0.717, 1.165) is 19.3 Å². The lowest BCUT2D eigenvalue weighted by molar-refractivity contribution is -1.14. The Morgan fingerprint density at radius 3 is 1.95 bits per heavy atom. The normalized spacial score (nSPS) is 13.7. The van der Waals surface area contributed by atoms with Gasteiger partial charge in [0, 0.05) is 9.57 Å². The topological polar surface area (TPSA) is 29.5 Å². The molecule has 0 heterocycles. The highest BCUT2D eigenvalue weighted by molar-refractivity contribution is 4.55. The van der Waals surface area contributed by atoms with Gasteiger partial charge in [-0.3, -0.25) is 0 Å². The lowest BCUT2D eigenvalue weighted by Crippen LogP contribution is -2.50. The van der Waals surface area contributed by atoms with Gasteiger partial charge < -0.3 is 5.11 Å². The van der Waals surface area contributed by atoms with Gasteiger partial charge in [0.05, 0.1) is 0 Å². The molecule has 0 amide bonds. The van der Waals surface area contributed by atoms with Crippen molar-refractivity contribution in [1.82, 2.24) is 0 Å². The van der Waals surface area contributed by atoms with E-state index in [4.69, 9.17) is 0 Å². The highest BCUT2D eigenvalue weighted by Gasteiger charge is 2.30. The third-order valence-electron chi connectivity index (χ3n) is 3.98. The number of halogens is 1. The summed E-state index contributed by atoms with van der Waals surface area (Å²) in [6.45, 7) is 7.41. The van der Waals surface area contributed by atoms with E-state index >= 15 is 0 Å². The van der Waals surface area contributed by atoms with Crippen LogP contribution in [0, 0.1) is 0 Å². The summed E-state index contributed by atoms with van der Waals surface area (Å²) < 4.78 is 12.5. The fourth-order valence-electron chi connectivity index (χ4n) is 2.42. The van der Waals surface area contributed by atoms with Gasteiger partial charge in [-0.15, -0.1) is 4.65 Å². The Hall–Kier alpha value is -0.190. The second-order valence-electron chi connectivity index (χ2n) is 5.51. The highest BCUT2D eigenvalue weighted by atomic mass is 19.3. The van der Waals surface area contributed by atoms with Gasteiger partial charge in [0.2, 0.25) is 0 Å². The van der Waals surface area contributed by atoms with Gasteiger partial charge >= 0.3 is 0 Å². The van der Waals surface area contributed by atoms with Crippen molar-refractivity contribution >= 4 is 0 Å². The van der Waals surface area contributed by atoms with Crippen LogP contribution in [0.25, 0.3) is 0 Å². The van der Waals surface area contributed by atoms with Crippen molar-refractivity contribution in [2.24, 2.45) is 0 Å². The Morgan fingerprint density at radius 1 is 0.947 bits per heavy atom. The zero-order chi connectivity index (χ0) is 14.6. The Kier molecular flexibility index (Phi) is 11.5. The number of nitrogens with zero attached hydrogens (tertiary/aromatic N) is 1. The molecule has 0 aliphatic rings. The molecule has 0 saturated carbocycles. The number of hydroxylamine groups is 3. The van der Waals surface area contributed by atoms with Gasteiger partial charge in [-0.25, -0.2) is 0 Å². The van der Waals surface area contributed by atoms with Crippen LogP contribution in [0.2, 0.25) is 0 Å². The monoisotopic (exact) mass is 278 g/mol. The summed E-state index contributed by atoms with van der Waals surface area (Å²) in [6.07, 6.45) is 8.92. The molecule has 0 aliphatic heterocycles. The van der Waals surface area contributed by atoms with Gasteiger partial charge in [0.1, 0.15) is 25.7 Å². The summed E-state index contributed by atoms with van der Waals surface area (Å²) >= 11 is 0. The molecule has 1 N–H and O–H groups in total. The molecule has 1 atom stereocenters. The predicted octanol–water partition coefficient (Wildman–Crippen LogP) is 4.16. The average Bonchev–Trinajstić information content (AvgIpc) is 2.44. The van der Waals surface area contributed by atoms with Gasteiger partial charge in [-0.05, 0) is 20.3 Å². The van der Waals surface area contributed by atoms with Crippen LogP contribution in [0.1, 0.15) is 72.1 Å². The molecule has 0 saturated heterocycles. The Balaban J connectivity index is 3.65. The van der Waals surface area contributed by atoms with Crippen LogP contribution in [-0.4, -0.2) is 35.5 Å². The Labute approximate surface area is 118 Å². The fourth-order valence-corrected chi connectivity index (χ4v) is 2.42. The van der Waals surface area contributed by atoms with Gasteiger partial charge in [-0.1, -0.05) is 51.9 Å². The van der Waals surface area contributed by atoms with Crippen molar-refractivity contribution in [2.45, 2.75) is 78.2 Å². The zero-order valence-corrected chi connectivity index (χ0v) is 13.0. The van der Waals surface area contributed by atoms with Crippen molar-refractivity contribution < 1.29 is 19.3 Å². The molecule has 3 nitrogen and oxygen atoms in total. The SMILES string of the molecule is CCCCCCCCCC(O)C[N+](CC)(CC)OF. The van der Waals surface area contributed by atoms with Crippen LogP contribution < -0.4 is 0 Å². The summed E-state index contributed by atoms with van der Waals surface area (Å²) in [7, 11) is 0. The number of hydrogen-bond acceptors (Lipinski definition) is 2. The van der Waals surface area contributed by atoms with Crippen LogP contribution in [-0.2, 0) is 5.04 Å². The average molecular weight is 278 g/mol. The smallest absolute Gasteiger partial charge is 0.138 e. The van der Waals surface area contributed by atoms with Crippen LogP contribution in [0.3, 0.4) is 0 Å². The van der Waals surface area contributed by atoms with Crippen molar-refractivity contribution in [3.63, 3.8) is 0 Å². The molecule has 0 fully saturated rings. The van der Waals surface area contributed by atoms with E-state index in [9.17, 15) is 9.63 Å². The maximum Gasteiger partial charge on any atom is 0.138 e. The summed E-state index contributed by atoms with van der Waals surface area (Å²) in [6, 6.07) is 0. The van der Waals surface area contributed by atoms with Gasteiger partial charge in [-0.2, -0.15) is 0 Å². The molecular weight excluding hydrogens is 245 g/mol. The van der Waals surface area contributed by atoms with Crippen LogP contribution in [0.15, 0.2) is 0 Å². The molecule has 0 aliphatic carbocycles. The summed E-state index contributed by atoms with van der Waals surface area (Å²) in [4.78, 5) is 0. The van der Waals surface area contributed by atoms with Gasteiger partial charge in [0.25, 0.3) is 0 Å². The molecule has 19 heavy (non-hydrogen) atoms. The predicted molar refractivity (Wildman–Crippen MR) is 77.0 cm³/mol. The number of hydrogen-bond donors (Lipinski definition) is 1. The minimum atomic E-state index is -0.466. The Bertz CT molecular complexity index is 190. The number of aliphatic hydroxyl groups excluding tert-OH is 1. The summed E-state index contributed by atoms with van der Waals surface area (Å²) in [5.74, 6) is 0. The summed E-state index contributed by atoms with van der Waals surface area (Å²) in [5.41, 5.74) is 0. The number of aliphatic hydroxyl groups is 1. The largest absolute Gasteiger partial charge is 0.387 e. The molecule has 0 spiro atoms. The van der Waals surface area contributed by atoms with E-state index in [0.29, 0.717) is 19.6 Å². The quantitative estimate of drug-likeness (QED) is 0.311. The molecule has 0 aromatic carbocycles. The lowest BCUT2D eigenvalue weighted by atomic mass is 10.1. The number of unbranched alkanes of at least 4 members (excludes halogenated alkanes) is 6. The first-order chi connectivity index (χ1) is 9.14. The van der Waals surface area contributed by atoms with E-state index < -0.39 is 6.10 Å².